The molecule has 0 radical (unpaired) electrons. The highest BCUT2D eigenvalue weighted by Crippen LogP contribution is 2.46. The van der Waals surface area contributed by atoms with E-state index in [1.807, 2.05) is 13.8 Å². The molecule has 0 bridgehead atoms. The van der Waals surface area contributed by atoms with Gasteiger partial charge < -0.3 is 19.4 Å². The first-order valence-corrected chi connectivity index (χ1v) is 8.66. The second kappa shape index (κ2) is 6.18. The molecule has 1 aromatic heterocycles. The molecule has 1 atom stereocenters. The van der Waals surface area contributed by atoms with Crippen LogP contribution in [0.5, 0.6) is 5.75 Å². The maximum absolute atomic E-state index is 13.6. The third-order valence-electron chi connectivity index (χ3n) is 5.01. The fraction of sp³-hybridized carbons (Fsp3) is 0.286. The number of hydrogen-bond acceptors (Lipinski definition) is 5. The number of hydrogen-bond donors (Lipinski definition) is 2. The summed E-state index contributed by atoms with van der Waals surface area (Å²) in [5.74, 6) is 0.377. The molecular formula is C21H19FO5. The van der Waals surface area contributed by atoms with Gasteiger partial charge in [0.05, 0.1) is 12.2 Å². The standard InChI is InChI=1S/C21H19FO5/c1-21(2)16-8-13(26-10-12(24)9-23)4-6-14(16)19(25)18-15-5-3-11(22)7-17(15)27-20(18)21/h3-8,12,23-24H,9-10H2,1-2H3/t12-/m1/s1. The Hall–Kier alpha value is -2.70. The van der Waals surface area contributed by atoms with Crippen molar-refractivity contribution in [3.8, 4) is 5.75 Å². The summed E-state index contributed by atoms with van der Waals surface area (Å²) in [6.45, 7) is 3.41. The van der Waals surface area contributed by atoms with Gasteiger partial charge in [0.1, 0.15) is 35.6 Å². The quantitative estimate of drug-likeness (QED) is 0.737. The number of carbonyl (C=O) groups excluding carboxylic acids is 1. The number of aliphatic hydroxyl groups excluding tert-OH is 2. The van der Waals surface area contributed by atoms with Crippen molar-refractivity contribution in [2.24, 2.45) is 0 Å². The second-order valence-corrected chi connectivity index (χ2v) is 7.26. The molecule has 0 unspecified atom stereocenters. The summed E-state index contributed by atoms with van der Waals surface area (Å²) in [5.41, 5.74) is 1.44. The fourth-order valence-corrected chi connectivity index (χ4v) is 3.57. The van der Waals surface area contributed by atoms with Gasteiger partial charge in [0, 0.05) is 22.4 Å². The minimum Gasteiger partial charge on any atom is -0.491 e. The van der Waals surface area contributed by atoms with Gasteiger partial charge in [0.2, 0.25) is 0 Å². The van der Waals surface area contributed by atoms with Crippen molar-refractivity contribution in [3.63, 3.8) is 0 Å². The average Bonchev–Trinajstić information content (AvgIpc) is 3.04. The van der Waals surface area contributed by atoms with Gasteiger partial charge in [-0.15, -0.1) is 0 Å². The number of fused-ring (bicyclic) bond motifs is 4. The zero-order valence-corrected chi connectivity index (χ0v) is 15.0. The van der Waals surface area contributed by atoms with Crippen LogP contribution in [0.1, 0.15) is 41.1 Å². The van der Waals surface area contributed by atoms with Gasteiger partial charge in [-0.05, 0) is 49.7 Å². The van der Waals surface area contributed by atoms with Crippen molar-refractivity contribution < 1.29 is 28.6 Å². The van der Waals surface area contributed by atoms with E-state index in [1.54, 1.807) is 24.3 Å². The number of ketones is 1. The Balaban J connectivity index is 1.83. The predicted octanol–water partition coefficient (Wildman–Crippen LogP) is 3.17. The van der Waals surface area contributed by atoms with Gasteiger partial charge in [-0.3, -0.25) is 4.79 Å². The summed E-state index contributed by atoms with van der Waals surface area (Å²) in [5, 5.41) is 19.0. The number of aliphatic hydroxyl groups is 2. The lowest BCUT2D eigenvalue weighted by atomic mass is 9.72. The lowest BCUT2D eigenvalue weighted by molar-refractivity contribution is 0.0535. The smallest absolute Gasteiger partial charge is 0.197 e. The highest BCUT2D eigenvalue weighted by atomic mass is 19.1. The first-order chi connectivity index (χ1) is 12.8. The van der Waals surface area contributed by atoms with Crippen LogP contribution in [0, 0.1) is 5.82 Å². The van der Waals surface area contributed by atoms with Crippen LogP contribution in [0.2, 0.25) is 0 Å². The summed E-state index contributed by atoms with van der Waals surface area (Å²) in [6, 6.07) is 9.26. The summed E-state index contributed by atoms with van der Waals surface area (Å²) in [4.78, 5) is 13.1. The summed E-state index contributed by atoms with van der Waals surface area (Å²) < 4.78 is 25.0. The van der Waals surface area contributed by atoms with E-state index in [-0.39, 0.29) is 12.4 Å². The summed E-state index contributed by atoms with van der Waals surface area (Å²) in [7, 11) is 0. The number of rotatable bonds is 4. The minimum atomic E-state index is -0.979. The van der Waals surface area contributed by atoms with E-state index in [4.69, 9.17) is 14.3 Å². The number of ether oxygens (including phenoxy) is 1. The molecule has 2 aromatic carbocycles. The number of carbonyl (C=O) groups is 1. The van der Waals surface area contributed by atoms with Crippen LogP contribution in [0.25, 0.3) is 11.0 Å². The molecule has 0 amide bonds. The van der Waals surface area contributed by atoms with Crippen LogP contribution >= 0.6 is 0 Å². The summed E-state index contributed by atoms with van der Waals surface area (Å²) in [6.07, 6.45) is -0.979. The third kappa shape index (κ3) is 2.72. The molecule has 1 heterocycles. The van der Waals surface area contributed by atoms with Gasteiger partial charge in [-0.2, -0.15) is 0 Å². The van der Waals surface area contributed by atoms with Crippen molar-refractivity contribution in [3.05, 3.63) is 64.7 Å². The predicted molar refractivity (Wildman–Crippen MR) is 96.8 cm³/mol. The van der Waals surface area contributed by atoms with Crippen LogP contribution in [0.3, 0.4) is 0 Å². The Morgan fingerprint density at radius 3 is 2.74 bits per heavy atom. The van der Waals surface area contributed by atoms with Crippen LogP contribution in [-0.4, -0.2) is 35.3 Å². The van der Waals surface area contributed by atoms with Crippen molar-refractivity contribution in [1.29, 1.82) is 0 Å². The molecule has 0 saturated carbocycles. The van der Waals surface area contributed by atoms with E-state index in [0.717, 1.165) is 5.56 Å². The fourth-order valence-electron chi connectivity index (χ4n) is 3.57. The molecule has 0 spiro atoms. The van der Waals surface area contributed by atoms with E-state index in [0.29, 0.717) is 33.6 Å². The van der Waals surface area contributed by atoms with Gasteiger partial charge >= 0.3 is 0 Å². The van der Waals surface area contributed by atoms with E-state index in [1.165, 1.54) is 12.1 Å². The van der Waals surface area contributed by atoms with Crippen LogP contribution in [0.4, 0.5) is 4.39 Å². The van der Waals surface area contributed by atoms with Crippen LogP contribution in [0.15, 0.2) is 40.8 Å². The molecule has 6 heteroatoms. The largest absolute Gasteiger partial charge is 0.491 e. The third-order valence-corrected chi connectivity index (χ3v) is 5.01. The monoisotopic (exact) mass is 370 g/mol. The molecule has 0 aliphatic heterocycles. The Labute approximate surface area is 155 Å². The highest BCUT2D eigenvalue weighted by Gasteiger charge is 2.41. The lowest BCUT2D eigenvalue weighted by Gasteiger charge is -2.31. The van der Waals surface area contributed by atoms with E-state index < -0.39 is 23.9 Å². The Morgan fingerprint density at radius 2 is 2.00 bits per heavy atom. The highest BCUT2D eigenvalue weighted by molar-refractivity contribution is 6.19. The van der Waals surface area contributed by atoms with Crippen LogP contribution < -0.4 is 4.74 Å². The Bertz CT molecular complexity index is 1050. The summed E-state index contributed by atoms with van der Waals surface area (Å²) >= 11 is 0. The van der Waals surface area contributed by atoms with Gasteiger partial charge in [-0.25, -0.2) is 4.39 Å². The van der Waals surface area contributed by atoms with Gasteiger partial charge in [0.15, 0.2) is 5.78 Å². The Kier molecular flexibility index (Phi) is 4.05. The number of halogens is 1. The molecule has 140 valence electrons. The van der Waals surface area contributed by atoms with E-state index in [2.05, 4.69) is 0 Å². The van der Waals surface area contributed by atoms with E-state index >= 15 is 0 Å². The van der Waals surface area contributed by atoms with Crippen molar-refractivity contribution in [2.45, 2.75) is 25.4 Å². The average molecular weight is 370 g/mol. The SMILES string of the molecule is CC1(C)c2cc(OC[C@H](O)CO)ccc2C(=O)c2c1oc1cc(F)ccc21. The molecule has 4 rings (SSSR count). The second-order valence-electron chi connectivity index (χ2n) is 7.26. The van der Waals surface area contributed by atoms with Gasteiger partial charge in [0.25, 0.3) is 0 Å². The number of furan rings is 1. The van der Waals surface area contributed by atoms with Crippen molar-refractivity contribution >= 4 is 16.8 Å². The Morgan fingerprint density at radius 1 is 1.22 bits per heavy atom. The first kappa shape index (κ1) is 17.7. The van der Waals surface area contributed by atoms with Crippen LogP contribution in [-0.2, 0) is 5.41 Å². The maximum Gasteiger partial charge on any atom is 0.197 e. The maximum atomic E-state index is 13.6. The molecule has 0 saturated heterocycles. The van der Waals surface area contributed by atoms with Crippen molar-refractivity contribution in [2.75, 3.05) is 13.2 Å². The molecule has 1 aliphatic carbocycles. The molecule has 2 N–H and O–H groups in total. The zero-order valence-electron chi connectivity index (χ0n) is 15.0. The molecular weight excluding hydrogens is 351 g/mol. The molecule has 0 fully saturated rings. The van der Waals surface area contributed by atoms with Gasteiger partial charge in [-0.1, -0.05) is 0 Å². The minimum absolute atomic E-state index is 0.0567. The van der Waals surface area contributed by atoms with Crippen molar-refractivity contribution in [1.82, 2.24) is 0 Å². The zero-order chi connectivity index (χ0) is 19.3. The first-order valence-electron chi connectivity index (χ1n) is 8.66. The number of benzene rings is 2. The molecule has 27 heavy (non-hydrogen) atoms. The normalized spacial score (nSPS) is 16.1. The lowest BCUT2D eigenvalue weighted by Crippen LogP contribution is -2.29. The topological polar surface area (TPSA) is 79.9 Å². The molecule has 3 aromatic rings. The molecule has 5 nitrogen and oxygen atoms in total. The van der Waals surface area contributed by atoms with E-state index in [9.17, 15) is 14.3 Å². The molecule has 1 aliphatic rings.